The second-order valence-electron chi connectivity index (χ2n) is 12.9. The summed E-state index contributed by atoms with van der Waals surface area (Å²) in [4.78, 5) is 30.0. The topological polar surface area (TPSA) is 104 Å². The highest BCUT2D eigenvalue weighted by atomic mass is 16.3. The summed E-state index contributed by atoms with van der Waals surface area (Å²) in [6, 6.07) is 26.4. The molecule has 6 nitrogen and oxygen atoms in total. The molecule has 2 atom stereocenters. The molecule has 0 aromatic heterocycles. The average Bonchev–Trinajstić information content (AvgIpc) is 2.94. The summed E-state index contributed by atoms with van der Waals surface area (Å²) in [6.45, 7) is 0. The smallest absolute Gasteiger partial charge is 0.239 e. The molecule has 3 aliphatic rings. The zero-order chi connectivity index (χ0) is 29.1. The lowest BCUT2D eigenvalue weighted by atomic mass is 9.63. The highest BCUT2D eigenvalue weighted by Crippen LogP contribution is 2.57. The second-order valence-corrected chi connectivity index (χ2v) is 12.9. The number of nitrogens with two attached hydrogens (primary N) is 1. The van der Waals surface area contributed by atoms with Gasteiger partial charge in [-0.3, -0.25) is 9.59 Å². The molecule has 0 heterocycles. The molecule has 7 rings (SSSR count). The molecule has 3 aliphatic carbocycles. The van der Waals surface area contributed by atoms with E-state index in [0.717, 1.165) is 51.9 Å². The summed E-state index contributed by atoms with van der Waals surface area (Å²) in [5.74, 6) is -1.00. The van der Waals surface area contributed by atoms with Gasteiger partial charge in [0.05, 0.1) is 23.3 Å². The molecule has 2 unspecified atom stereocenters. The van der Waals surface area contributed by atoms with E-state index >= 15 is 4.79 Å². The Kier molecular flexibility index (Phi) is 6.41. The number of benzene rings is 4. The SMILES string of the molecule is NC(=O)C1(C(=O)N(C(c2cccc3ccccc23)C2(O)CCC2)C(c2cccc3ccccc23)C2(O)CCC2)CCC1. The van der Waals surface area contributed by atoms with Crippen LogP contribution in [0.4, 0.5) is 0 Å². The zero-order valence-electron chi connectivity index (χ0n) is 23.8. The molecule has 3 saturated carbocycles. The molecule has 4 N–H and O–H groups in total. The Morgan fingerprint density at radius 3 is 1.38 bits per heavy atom. The lowest BCUT2D eigenvalue weighted by Gasteiger charge is -2.57. The van der Waals surface area contributed by atoms with Crippen molar-refractivity contribution in [1.29, 1.82) is 0 Å². The molecule has 0 bridgehead atoms. The monoisotopic (exact) mass is 562 g/mol. The van der Waals surface area contributed by atoms with Gasteiger partial charge in [0.1, 0.15) is 5.41 Å². The van der Waals surface area contributed by atoms with E-state index in [1.165, 1.54) is 0 Å². The highest BCUT2D eigenvalue weighted by Gasteiger charge is 2.61. The fraction of sp³-hybridized carbons (Fsp3) is 0.389. The Morgan fingerprint density at radius 2 is 1.02 bits per heavy atom. The van der Waals surface area contributed by atoms with Crippen LogP contribution in [0.25, 0.3) is 21.5 Å². The normalized spacial score (nSPS) is 21.4. The number of hydrogen-bond acceptors (Lipinski definition) is 4. The third-order valence-electron chi connectivity index (χ3n) is 10.6. The largest absolute Gasteiger partial charge is 0.387 e. The van der Waals surface area contributed by atoms with Crippen LogP contribution in [-0.2, 0) is 9.59 Å². The van der Waals surface area contributed by atoms with Gasteiger partial charge in [0.15, 0.2) is 0 Å². The number of fused-ring (bicyclic) bond motifs is 2. The summed E-state index contributed by atoms with van der Waals surface area (Å²) < 4.78 is 0. The number of rotatable bonds is 8. The fourth-order valence-corrected chi connectivity index (χ4v) is 7.73. The first kappa shape index (κ1) is 27.1. The summed E-state index contributed by atoms with van der Waals surface area (Å²) in [5.41, 5.74) is 3.90. The first-order chi connectivity index (χ1) is 20.3. The van der Waals surface area contributed by atoms with Crippen molar-refractivity contribution in [3.05, 3.63) is 96.1 Å². The Morgan fingerprint density at radius 1 is 0.619 bits per heavy atom. The van der Waals surface area contributed by atoms with Gasteiger partial charge in [-0.25, -0.2) is 0 Å². The van der Waals surface area contributed by atoms with Crippen molar-refractivity contribution in [3.63, 3.8) is 0 Å². The molecule has 0 spiro atoms. The van der Waals surface area contributed by atoms with Gasteiger partial charge in [0.2, 0.25) is 11.8 Å². The first-order valence-corrected chi connectivity index (χ1v) is 15.3. The molecule has 3 fully saturated rings. The Bertz CT molecular complexity index is 1570. The average molecular weight is 563 g/mol. The van der Waals surface area contributed by atoms with Crippen molar-refractivity contribution >= 4 is 33.4 Å². The lowest BCUT2D eigenvalue weighted by Crippen LogP contribution is -2.64. The Hall–Kier alpha value is -3.74. The van der Waals surface area contributed by atoms with Crippen LogP contribution in [0.5, 0.6) is 0 Å². The number of primary amides is 1. The van der Waals surface area contributed by atoms with Gasteiger partial charge >= 0.3 is 0 Å². The van der Waals surface area contributed by atoms with Crippen LogP contribution in [0, 0.1) is 5.41 Å². The van der Waals surface area contributed by atoms with Gasteiger partial charge in [-0.2, -0.15) is 0 Å². The molecular weight excluding hydrogens is 524 g/mol. The molecule has 42 heavy (non-hydrogen) atoms. The van der Waals surface area contributed by atoms with Crippen LogP contribution in [0.15, 0.2) is 84.9 Å². The van der Waals surface area contributed by atoms with Gasteiger partial charge in [0, 0.05) is 0 Å². The molecule has 6 heteroatoms. The lowest BCUT2D eigenvalue weighted by molar-refractivity contribution is -0.191. The number of hydrogen-bond donors (Lipinski definition) is 3. The van der Waals surface area contributed by atoms with Crippen LogP contribution >= 0.6 is 0 Å². The second kappa shape index (κ2) is 9.92. The summed E-state index contributed by atoms with van der Waals surface area (Å²) >= 11 is 0. The minimum absolute atomic E-state index is 0.374. The minimum Gasteiger partial charge on any atom is -0.387 e. The summed E-state index contributed by atoms with van der Waals surface area (Å²) in [6.07, 6.45) is 5.24. The summed E-state index contributed by atoms with van der Waals surface area (Å²) in [5, 5.41) is 28.6. The number of amides is 2. The van der Waals surface area contributed by atoms with E-state index in [1.807, 2.05) is 84.9 Å². The van der Waals surface area contributed by atoms with E-state index in [2.05, 4.69) is 0 Å². The predicted octanol–water partition coefficient (Wildman–Crippen LogP) is 6.09. The standard InChI is InChI=1S/C36H38N2O4/c37-32(39)34(18-7-19-34)33(40)38(30(35(41)20-8-21-35)28-16-5-12-24-10-1-3-14-26(24)28)31(36(42)22-9-23-36)29-17-6-13-25-11-2-4-15-27(25)29/h1-6,10-17,30-31,41-42H,7-9,18-23H2,(H2,37,39). The van der Waals surface area contributed by atoms with E-state index in [9.17, 15) is 15.0 Å². The number of aliphatic hydroxyl groups is 2. The predicted molar refractivity (Wildman–Crippen MR) is 163 cm³/mol. The van der Waals surface area contributed by atoms with Crippen molar-refractivity contribution in [2.24, 2.45) is 11.1 Å². The highest BCUT2D eigenvalue weighted by molar-refractivity contribution is 6.06. The van der Waals surface area contributed by atoms with E-state index < -0.39 is 34.6 Å². The fourth-order valence-electron chi connectivity index (χ4n) is 7.73. The van der Waals surface area contributed by atoms with E-state index in [-0.39, 0.29) is 5.91 Å². The summed E-state index contributed by atoms with van der Waals surface area (Å²) in [7, 11) is 0. The molecule has 2 amide bonds. The minimum atomic E-state index is -1.36. The van der Waals surface area contributed by atoms with Crippen molar-refractivity contribution in [2.45, 2.75) is 81.1 Å². The quantitative estimate of drug-likeness (QED) is 0.226. The molecule has 216 valence electrons. The number of carbonyl (C=O) groups excluding carboxylic acids is 2. The van der Waals surface area contributed by atoms with Crippen molar-refractivity contribution in [1.82, 2.24) is 4.90 Å². The van der Waals surface area contributed by atoms with Crippen molar-refractivity contribution < 1.29 is 19.8 Å². The Labute approximate surface area is 246 Å². The van der Waals surface area contributed by atoms with Crippen molar-refractivity contribution in [3.8, 4) is 0 Å². The van der Waals surface area contributed by atoms with Crippen LogP contribution < -0.4 is 5.73 Å². The van der Waals surface area contributed by atoms with E-state index in [1.54, 1.807) is 4.90 Å². The van der Waals surface area contributed by atoms with Crippen LogP contribution in [0.3, 0.4) is 0 Å². The Balaban J connectivity index is 1.54. The van der Waals surface area contributed by atoms with Gasteiger partial charge < -0.3 is 20.8 Å². The van der Waals surface area contributed by atoms with Crippen LogP contribution in [-0.4, -0.2) is 38.1 Å². The van der Waals surface area contributed by atoms with E-state index in [0.29, 0.717) is 38.5 Å². The molecule has 0 radical (unpaired) electrons. The molecule has 0 aliphatic heterocycles. The van der Waals surface area contributed by atoms with E-state index in [4.69, 9.17) is 5.73 Å². The third kappa shape index (κ3) is 3.99. The number of carbonyl (C=O) groups is 2. The van der Waals surface area contributed by atoms with Gasteiger partial charge in [-0.1, -0.05) is 91.3 Å². The van der Waals surface area contributed by atoms with Crippen LogP contribution in [0.2, 0.25) is 0 Å². The maximum Gasteiger partial charge on any atom is 0.239 e. The van der Waals surface area contributed by atoms with Crippen molar-refractivity contribution in [2.75, 3.05) is 0 Å². The third-order valence-corrected chi connectivity index (χ3v) is 10.6. The molecular formula is C36H38N2O4. The molecule has 4 aromatic rings. The maximum atomic E-state index is 15.2. The number of nitrogens with zero attached hydrogens (tertiary/aromatic N) is 1. The molecule has 0 saturated heterocycles. The zero-order valence-corrected chi connectivity index (χ0v) is 23.8. The first-order valence-electron chi connectivity index (χ1n) is 15.3. The van der Waals surface area contributed by atoms with Gasteiger partial charge in [-0.05, 0) is 84.0 Å². The van der Waals surface area contributed by atoms with Gasteiger partial charge in [0.25, 0.3) is 0 Å². The van der Waals surface area contributed by atoms with Gasteiger partial charge in [-0.15, -0.1) is 0 Å². The molecule has 4 aromatic carbocycles. The maximum absolute atomic E-state index is 15.2. The van der Waals surface area contributed by atoms with Crippen LogP contribution in [0.1, 0.15) is 81.0 Å².